The van der Waals surface area contributed by atoms with Crippen LogP contribution in [0, 0.1) is 0 Å². The van der Waals surface area contributed by atoms with Gasteiger partial charge >= 0.3 is 5.97 Å². The van der Waals surface area contributed by atoms with Crippen LogP contribution in [0.4, 0.5) is 0 Å². The van der Waals surface area contributed by atoms with Gasteiger partial charge in [0.05, 0.1) is 43.0 Å². The van der Waals surface area contributed by atoms with Crippen molar-refractivity contribution < 1.29 is 19.1 Å². The van der Waals surface area contributed by atoms with E-state index in [-0.39, 0.29) is 5.75 Å². The molecule has 1 aliphatic rings. The average molecular weight is 420 g/mol. The van der Waals surface area contributed by atoms with E-state index >= 15 is 0 Å². The van der Waals surface area contributed by atoms with Crippen LogP contribution in [-0.2, 0) is 16.1 Å². The van der Waals surface area contributed by atoms with Gasteiger partial charge in [0.15, 0.2) is 5.17 Å². The van der Waals surface area contributed by atoms with Crippen molar-refractivity contribution in [1.29, 1.82) is 0 Å². The lowest BCUT2D eigenvalue weighted by Crippen LogP contribution is -2.38. The first-order chi connectivity index (χ1) is 14.0. The number of morpholine rings is 1. The van der Waals surface area contributed by atoms with Gasteiger partial charge in [0.2, 0.25) is 0 Å². The van der Waals surface area contributed by atoms with E-state index in [1.165, 1.54) is 0 Å². The Kier molecular flexibility index (Phi) is 7.62. The number of ether oxygens (including phenoxy) is 1. The lowest BCUT2D eigenvalue weighted by atomic mass is 10.3. The second kappa shape index (κ2) is 10.4. The molecule has 0 radical (unpaired) electrons. The maximum Gasteiger partial charge on any atom is 0.313 e. The molecule has 1 aliphatic heterocycles. The minimum atomic E-state index is -0.907. The standard InChI is InChI=1S/C19H25N5O4S/c1-14(22-19(20-2)29-13-18(25)26)16-3-4-17(28-16)15-11-21-24(12-15)6-5-23-7-9-27-10-8-23/h3-4,11-12H,5-10,13H2,1-2H3,(H,25,26). The quantitative estimate of drug-likeness (QED) is 0.541. The van der Waals surface area contributed by atoms with E-state index in [0.29, 0.717) is 22.4 Å². The molecule has 0 saturated carbocycles. The van der Waals surface area contributed by atoms with Crippen molar-refractivity contribution >= 4 is 28.6 Å². The summed E-state index contributed by atoms with van der Waals surface area (Å²) in [6.45, 7) is 7.06. The van der Waals surface area contributed by atoms with Gasteiger partial charge in [0, 0.05) is 32.9 Å². The fourth-order valence-electron chi connectivity index (χ4n) is 2.84. The molecule has 3 heterocycles. The van der Waals surface area contributed by atoms with Crippen LogP contribution in [0.15, 0.2) is 38.9 Å². The topological polar surface area (TPSA) is 105 Å². The van der Waals surface area contributed by atoms with E-state index in [4.69, 9.17) is 14.3 Å². The summed E-state index contributed by atoms with van der Waals surface area (Å²) in [5.41, 5.74) is 1.53. The molecule has 9 nitrogen and oxygen atoms in total. The second-order valence-electron chi connectivity index (χ2n) is 6.50. The van der Waals surface area contributed by atoms with E-state index < -0.39 is 5.97 Å². The number of aromatic nitrogens is 2. The predicted molar refractivity (Wildman–Crippen MR) is 113 cm³/mol. The Morgan fingerprint density at radius 1 is 1.31 bits per heavy atom. The van der Waals surface area contributed by atoms with Gasteiger partial charge < -0.3 is 14.3 Å². The number of hydrogen-bond acceptors (Lipinski definition) is 7. The van der Waals surface area contributed by atoms with E-state index in [0.717, 1.165) is 56.7 Å². The molecule has 0 aromatic carbocycles. The fourth-order valence-corrected chi connectivity index (χ4v) is 3.42. The van der Waals surface area contributed by atoms with Crippen molar-refractivity contribution in [3.63, 3.8) is 0 Å². The molecule has 0 aliphatic carbocycles. The van der Waals surface area contributed by atoms with Crippen LogP contribution in [0.3, 0.4) is 0 Å². The van der Waals surface area contributed by atoms with E-state index in [9.17, 15) is 4.79 Å². The summed E-state index contributed by atoms with van der Waals surface area (Å²) in [7, 11) is 1.58. The molecule has 2 aromatic rings. The smallest absolute Gasteiger partial charge is 0.313 e. The Morgan fingerprint density at radius 3 is 2.83 bits per heavy atom. The number of carboxylic acids is 1. The first-order valence-corrected chi connectivity index (χ1v) is 10.3. The Labute approximate surface area is 173 Å². The molecule has 3 rings (SSSR count). The number of rotatable bonds is 7. The maximum atomic E-state index is 10.7. The Bertz CT molecular complexity index is 883. The van der Waals surface area contributed by atoms with Crippen LogP contribution in [0.2, 0.25) is 0 Å². The molecule has 1 fully saturated rings. The molecule has 0 atom stereocenters. The number of aliphatic carboxylic acids is 1. The highest BCUT2D eigenvalue weighted by Crippen LogP contribution is 2.22. The average Bonchev–Trinajstić information content (AvgIpc) is 3.39. The minimum Gasteiger partial charge on any atom is -0.481 e. The number of hydrogen-bond donors (Lipinski definition) is 1. The molecular formula is C19H25N5O4S. The number of thioether (sulfide) groups is 1. The first-order valence-electron chi connectivity index (χ1n) is 9.35. The summed E-state index contributed by atoms with van der Waals surface area (Å²) in [6, 6.07) is 3.72. The number of aliphatic imine (C=N–C) groups is 2. The predicted octanol–water partition coefficient (Wildman–Crippen LogP) is 2.09. The Morgan fingerprint density at radius 2 is 2.10 bits per heavy atom. The van der Waals surface area contributed by atoms with Gasteiger partial charge in [0.1, 0.15) is 11.5 Å². The van der Waals surface area contributed by atoms with Crippen LogP contribution in [0.1, 0.15) is 12.7 Å². The van der Waals surface area contributed by atoms with Gasteiger partial charge in [-0.15, -0.1) is 0 Å². The van der Waals surface area contributed by atoms with Gasteiger partial charge in [-0.2, -0.15) is 5.10 Å². The van der Waals surface area contributed by atoms with Gasteiger partial charge in [0.25, 0.3) is 0 Å². The SMILES string of the molecule is CN=C(N=C(C)c1ccc(-c2cnn(CCN3CCOCC3)c2)o1)SCC(=O)O. The summed E-state index contributed by atoms with van der Waals surface area (Å²) in [4.78, 5) is 21.5. The zero-order chi connectivity index (χ0) is 20.6. The highest BCUT2D eigenvalue weighted by atomic mass is 32.2. The lowest BCUT2D eigenvalue weighted by Gasteiger charge is -2.26. The summed E-state index contributed by atoms with van der Waals surface area (Å²) in [6.07, 6.45) is 3.76. The zero-order valence-electron chi connectivity index (χ0n) is 16.6. The molecule has 2 aromatic heterocycles. The number of carboxylic acid groups (broad SMARTS) is 1. The Hall–Kier alpha value is -2.43. The molecule has 0 spiro atoms. The second-order valence-corrected chi connectivity index (χ2v) is 7.44. The summed E-state index contributed by atoms with van der Waals surface area (Å²) in [5, 5.41) is 13.6. The monoisotopic (exact) mass is 419 g/mol. The molecule has 1 saturated heterocycles. The number of furan rings is 1. The third-order valence-electron chi connectivity index (χ3n) is 4.41. The van der Waals surface area contributed by atoms with Gasteiger partial charge in [-0.3, -0.25) is 19.4 Å². The molecule has 0 unspecified atom stereocenters. The van der Waals surface area contributed by atoms with Crippen LogP contribution >= 0.6 is 11.8 Å². The van der Waals surface area contributed by atoms with Crippen molar-refractivity contribution in [1.82, 2.24) is 14.7 Å². The molecular weight excluding hydrogens is 394 g/mol. The largest absolute Gasteiger partial charge is 0.481 e. The van der Waals surface area contributed by atoms with Crippen molar-refractivity contribution in [2.45, 2.75) is 13.5 Å². The van der Waals surface area contributed by atoms with Gasteiger partial charge in [-0.1, -0.05) is 11.8 Å². The van der Waals surface area contributed by atoms with Crippen LogP contribution in [0.25, 0.3) is 11.3 Å². The van der Waals surface area contributed by atoms with E-state index in [1.807, 2.05) is 23.0 Å². The van der Waals surface area contributed by atoms with Crippen LogP contribution < -0.4 is 0 Å². The van der Waals surface area contributed by atoms with Crippen molar-refractivity contribution in [2.24, 2.45) is 9.98 Å². The molecule has 0 bridgehead atoms. The fraction of sp³-hybridized carbons (Fsp3) is 0.474. The van der Waals surface area contributed by atoms with Crippen LogP contribution in [0.5, 0.6) is 0 Å². The summed E-state index contributed by atoms with van der Waals surface area (Å²) in [5.74, 6) is 0.324. The highest BCUT2D eigenvalue weighted by molar-refractivity contribution is 8.14. The highest BCUT2D eigenvalue weighted by Gasteiger charge is 2.13. The van der Waals surface area contributed by atoms with Crippen molar-refractivity contribution in [2.75, 3.05) is 45.6 Å². The molecule has 1 N–H and O–H groups in total. The molecule has 10 heteroatoms. The minimum absolute atomic E-state index is 0.0868. The van der Waals surface area contributed by atoms with Gasteiger partial charge in [-0.05, 0) is 19.1 Å². The lowest BCUT2D eigenvalue weighted by molar-refractivity contribution is -0.133. The maximum absolute atomic E-state index is 10.7. The first kappa shape index (κ1) is 21.3. The number of amidine groups is 1. The molecule has 0 amide bonds. The number of carbonyl (C=O) groups is 1. The normalized spacial score (nSPS) is 16.3. The number of nitrogens with zero attached hydrogens (tertiary/aromatic N) is 5. The van der Waals surface area contributed by atoms with E-state index in [1.54, 1.807) is 20.2 Å². The van der Waals surface area contributed by atoms with Crippen molar-refractivity contribution in [3.05, 3.63) is 30.3 Å². The van der Waals surface area contributed by atoms with Crippen LogP contribution in [-0.4, -0.2) is 82.3 Å². The van der Waals surface area contributed by atoms with Crippen molar-refractivity contribution in [3.8, 4) is 11.3 Å². The third kappa shape index (κ3) is 6.28. The molecule has 29 heavy (non-hydrogen) atoms. The van der Waals surface area contributed by atoms with Gasteiger partial charge in [-0.25, -0.2) is 4.99 Å². The molecule has 156 valence electrons. The summed E-state index contributed by atoms with van der Waals surface area (Å²) < 4.78 is 13.2. The summed E-state index contributed by atoms with van der Waals surface area (Å²) >= 11 is 1.07. The Balaban J connectivity index is 1.61. The van der Waals surface area contributed by atoms with E-state index in [2.05, 4.69) is 20.0 Å². The third-order valence-corrected chi connectivity index (χ3v) is 5.33. The zero-order valence-corrected chi connectivity index (χ0v) is 17.4.